The summed E-state index contributed by atoms with van der Waals surface area (Å²) in [6.45, 7) is 6.88. The van der Waals surface area contributed by atoms with Gasteiger partial charge in [-0.15, -0.1) is 10.2 Å². The Balaban J connectivity index is 1.65. The van der Waals surface area contributed by atoms with Gasteiger partial charge in [-0.05, 0) is 32.6 Å². The van der Waals surface area contributed by atoms with Crippen molar-refractivity contribution in [3.05, 3.63) is 29.8 Å². The van der Waals surface area contributed by atoms with Crippen LogP contribution in [0.5, 0.6) is 0 Å². The molecule has 7 heteroatoms. The number of nitrogens with zero attached hydrogens (tertiary/aromatic N) is 3. The third kappa shape index (κ3) is 5.21. The first-order valence-electron chi connectivity index (χ1n) is 10.5. The Morgan fingerprint density at radius 2 is 2.00 bits per heavy atom. The van der Waals surface area contributed by atoms with Gasteiger partial charge in [0.05, 0.1) is 0 Å². The molecule has 1 fully saturated rings. The fourth-order valence-electron chi connectivity index (χ4n) is 3.77. The van der Waals surface area contributed by atoms with Crippen molar-refractivity contribution >= 4 is 28.3 Å². The van der Waals surface area contributed by atoms with Crippen LogP contribution in [0.3, 0.4) is 0 Å². The molecule has 0 unspecified atom stereocenters. The lowest BCUT2D eigenvalue weighted by Gasteiger charge is -2.27. The van der Waals surface area contributed by atoms with Crippen LogP contribution in [0.15, 0.2) is 24.3 Å². The third-order valence-corrected chi connectivity index (χ3v) is 6.43. The number of nitrogens with one attached hydrogen (secondary N) is 1. The molecule has 1 saturated heterocycles. The van der Waals surface area contributed by atoms with Gasteiger partial charge in [0.25, 0.3) is 0 Å². The number of aromatic nitrogens is 2. The molecule has 2 atom stereocenters. The minimum atomic E-state index is -0.412. The van der Waals surface area contributed by atoms with Gasteiger partial charge >= 0.3 is 0 Å². The molecule has 2 aromatic rings. The van der Waals surface area contributed by atoms with Gasteiger partial charge in [-0.2, -0.15) is 0 Å². The zero-order valence-corrected chi connectivity index (χ0v) is 18.3. The van der Waals surface area contributed by atoms with Gasteiger partial charge in [-0.25, -0.2) is 0 Å². The van der Waals surface area contributed by atoms with Crippen molar-refractivity contribution in [2.75, 3.05) is 11.9 Å². The van der Waals surface area contributed by atoms with Crippen molar-refractivity contribution < 1.29 is 9.59 Å². The lowest BCUT2D eigenvalue weighted by atomic mass is 9.97. The number of hydrogen-bond acceptors (Lipinski definition) is 5. The van der Waals surface area contributed by atoms with Crippen LogP contribution in [0.4, 0.5) is 5.13 Å². The molecule has 2 amide bonds. The molecular weight excluding hydrogens is 384 g/mol. The summed E-state index contributed by atoms with van der Waals surface area (Å²) >= 11 is 1.35. The van der Waals surface area contributed by atoms with Crippen LogP contribution in [-0.4, -0.2) is 39.5 Å². The Hall–Kier alpha value is -2.28. The summed E-state index contributed by atoms with van der Waals surface area (Å²) in [7, 11) is 0. The molecule has 2 heterocycles. The van der Waals surface area contributed by atoms with Crippen LogP contribution in [0.2, 0.25) is 0 Å². The Labute approximate surface area is 176 Å². The number of hydrogen-bond donors (Lipinski definition) is 1. The maximum Gasteiger partial charge on any atom is 0.249 e. The first-order valence-corrected chi connectivity index (χ1v) is 11.4. The fraction of sp³-hybridized carbons (Fsp3) is 0.545. The second-order valence-corrected chi connectivity index (χ2v) is 8.68. The van der Waals surface area contributed by atoms with E-state index in [4.69, 9.17) is 0 Å². The van der Waals surface area contributed by atoms with Crippen molar-refractivity contribution in [2.45, 2.75) is 65.3 Å². The van der Waals surface area contributed by atoms with Crippen LogP contribution in [-0.2, 0) is 9.59 Å². The van der Waals surface area contributed by atoms with Gasteiger partial charge in [0, 0.05) is 18.0 Å². The van der Waals surface area contributed by atoms with E-state index in [1.54, 1.807) is 4.90 Å². The number of anilines is 1. The number of carbonyl (C=O) groups is 2. The van der Waals surface area contributed by atoms with Crippen LogP contribution >= 0.6 is 11.3 Å². The predicted octanol–water partition coefficient (Wildman–Crippen LogP) is 4.66. The maximum atomic E-state index is 13.0. The van der Waals surface area contributed by atoms with Gasteiger partial charge in [-0.1, -0.05) is 67.9 Å². The minimum Gasteiger partial charge on any atom is -0.330 e. The molecule has 1 N–H and O–H groups in total. The Morgan fingerprint density at radius 1 is 1.24 bits per heavy atom. The summed E-state index contributed by atoms with van der Waals surface area (Å²) in [5, 5.41) is 12.4. The Morgan fingerprint density at radius 3 is 2.69 bits per heavy atom. The van der Waals surface area contributed by atoms with Gasteiger partial charge in [0.2, 0.25) is 16.9 Å². The topological polar surface area (TPSA) is 75.2 Å². The zero-order chi connectivity index (χ0) is 20.8. The maximum absolute atomic E-state index is 13.0. The highest BCUT2D eigenvalue weighted by molar-refractivity contribution is 7.18. The summed E-state index contributed by atoms with van der Waals surface area (Å²) in [6.07, 6.45) is 5.40. The lowest BCUT2D eigenvalue weighted by Crippen LogP contribution is -2.45. The molecule has 156 valence electrons. The molecule has 0 bridgehead atoms. The van der Waals surface area contributed by atoms with Gasteiger partial charge < -0.3 is 4.90 Å². The highest BCUT2D eigenvalue weighted by atomic mass is 32.1. The van der Waals surface area contributed by atoms with E-state index < -0.39 is 6.04 Å². The first-order chi connectivity index (χ1) is 14.0. The largest absolute Gasteiger partial charge is 0.330 e. The minimum absolute atomic E-state index is 0.0121. The first kappa shape index (κ1) is 21.4. The predicted molar refractivity (Wildman–Crippen MR) is 117 cm³/mol. The van der Waals surface area contributed by atoms with Crippen LogP contribution in [0.1, 0.15) is 57.9 Å². The second kappa shape index (κ2) is 9.96. The van der Waals surface area contributed by atoms with Gasteiger partial charge in [0.15, 0.2) is 0 Å². The van der Waals surface area contributed by atoms with E-state index in [-0.39, 0.29) is 17.7 Å². The monoisotopic (exact) mass is 414 g/mol. The van der Waals surface area contributed by atoms with Crippen molar-refractivity contribution in [3.8, 4) is 10.6 Å². The molecule has 6 nitrogen and oxygen atoms in total. The number of amides is 2. The molecule has 0 spiro atoms. The molecule has 1 aromatic heterocycles. The molecular formula is C22H30N4O2S. The molecule has 0 saturated carbocycles. The van der Waals surface area contributed by atoms with Crippen molar-refractivity contribution in [2.24, 2.45) is 5.92 Å². The average molecular weight is 415 g/mol. The summed E-state index contributed by atoms with van der Waals surface area (Å²) < 4.78 is 0. The summed E-state index contributed by atoms with van der Waals surface area (Å²) in [4.78, 5) is 27.6. The number of benzene rings is 1. The molecule has 1 aliphatic heterocycles. The summed E-state index contributed by atoms with van der Waals surface area (Å²) in [5.41, 5.74) is 2.16. The van der Waals surface area contributed by atoms with Crippen LogP contribution in [0, 0.1) is 12.8 Å². The Bertz CT molecular complexity index is 834. The smallest absolute Gasteiger partial charge is 0.249 e. The van der Waals surface area contributed by atoms with Crippen molar-refractivity contribution in [1.29, 1.82) is 0 Å². The normalized spacial score (nSPS) is 17.3. The molecule has 29 heavy (non-hydrogen) atoms. The average Bonchev–Trinajstić information content (AvgIpc) is 3.38. The highest BCUT2D eigenvalue weighted by Crippen LogP contribution is 2.28. The molecule has 0 aliphatic carbocycles. The van der Waals surface area contributed by atoms with Crippen LogP contribution < -0.4 is 5.32 Å². The van der Waals surface area contributed by atoms with Crippen molar-refractivity contribution in [1.82, 2.24) is 15.1 Å². The number of unbranched alkanes of at least 4 members (excludes halogenated alkanes) is 1. The number of rotatable bonds is 8. The molecule has 3 rings (SSSR count). The number of aryl methyl sites for hydroxylation is 1. The second-order valence-electron chi connectivity index (χ2n) is 7.70. The molecule has 1 aromatic carbocycles. The van der Waals surface area contributed by atoms with E-state index in [0.717, 1.165) is 42.7 Å². The summed E-state index contributed by atoms with van der Waals surface area (Å²) in [6, 6.07) is 7.64. The number of likely N-dealkylation sites (tertiary alicyclic amines) is 1. The van der Waals surface area contributed by atoms with Crippen LogP contribution in [0.25, 0.3) is 10.6 Å². The number of carbonyl (C=O) groups excluding carboxylic acids is 2. The zero-order valence-electron chi connectivity index (χ0n) is 17.5. The fourth-order valence-corrected chi connectivity index (χ4v) is 4.52. The van der Waals surface area contributed by atoms with Gasteiger partial charge in [0.1, 0.15) is 11.0 Å². The lowest BCUT2D eigenvalue weighted by molar-refractivity contribution is -0.140. The van der Waals surface area contributed by atoms with E-state index in [0.29, 0.717) is 18.1 Å². The Kier molecular flexibility index (Phi) is 7.36. The molecule has 0 radical (unpaired) electrons. The standard InChI is InChI=1S/C22H30N4O2S/c1-4-6-8-16(5-2)21(28)26-14-7-9-18(26)19(27)23-22-25-24-20(29-22)17-12-10-15(3)11-13-17/h10-13,16,18H,4-9,14H2,1-3H3,(H,23,25,27)/t16-,18+/m0/s1. The van der Waals surface area contributed by atoms with E-state index in [2.05, 4.69) is 29.4 Å². The van der Waals surface area contributed by atoms with E-state index >= 15 is 0 Å². The molecule has 1 aliphatic rings. The third-order valence-electron chi connectivity index (χ3n) is 5.54. The van der Waals surface area contributed by atoms with E-state index in [9.17, 15) is 9.59 Å². The quantitative estimate of drug-likeness (QED) is 0.682. The SMILES string of the molecule is CCCC[C@H](CC)C(=O)N1CCC[C@@H]1C(=O)Nc1nnc(-c2ccc(C)cc2)s1. The van der Waals surface area contributed by atoms with Gasteiger partial charge in [-0.3, -0.25) is 14.9 Å². The summed E-state index contributed by atoms with van der Waals surface area (Å²) in [5.74, 6) is -0.0259. The van der Waals surface area contributed by atoms with E-state index in [1.807, 2.05) is 31.2 Å². The van der Waals surface area contributed by atoms with E-state index in [1.165, 1.54) is 16.9 Å². The van der Waals surface area contributed by atoms with Crippen molar-refractivity contribution in [3.63, 3.8) is 0 Å². The highest BCUT2D eigenvalue weighted by Gasteiger charge is 2.36.